The molecule has 0 radical (unpaired) electrons. The molecule has 2 aromatic heterocycles. The first-order chi connectivity index (χ1) is 14.5. The number of aryl methyl sites for hydroxylation is 2. The lowest BCUT2D eigenvalue weighted by Crippen LogP contribution is -2.37. The lowest BCUT2D eigenvalue weighted by molar-refractivity contribution is 0.0949. The molecule has 0 atom stereocenters. The minimum atomic E-state index is -0.318. The van der Waals surface area contributed by atoms with Crippen molar-refractivity contribution in [3.63, 3.8) is 0 Å². The third-order valence-corrected chi connectivity index (χ3v) is 5.18. The number of amides is 1. The summed E-state index contributed by atoms with van der Waals surface area (Å²) < 4.78 is 10.7. The summed E-state index contributed by atoms with van der Waals surface area (Å²) >= 11 is 6.28. The smallest absolute Gasteiger partial charge is 0.257 e. The fourth-order valence-corrected chi connectivity index (χ4v) is 3.60. The maximum atomic E-state index is 12.9. The van der Waals surface area contributed by atoms with E-state index in [0.717, 1.165) is 24.6 Å². The number of hydrogen-bond donors (Lipinski definition) is 1. The average molecular weight is 428 g/mol. The summed E-state index contributed by atoms with van der Waals surface area (Å²) in [4.78, 5) is 24.2. The molecule has 1 fully saturated rings. The molecule has 1 amide bonds. The predicted molar refractivity (Wildman–Crippen MR) is 113 cm³/mol. The van der Waals surface area contributed by atoms with E-state index in [-0.39, 0.29) is 12.5 Å². The van der Waals surface area contributed by atoms with Crippen LogP contribution in [-0.4, -0.2) is 47.3 Å². The van der Waals surface area contributed by atoms with Gasteiger partial charge in [0.1, 0.15) is 28.7 Å². The van der Waals surface area contributed by atoms with Crippen molar-refractivity contribution in [2.45, 2.75) is 20.4 Å². The van der Waals surface area contributed by atoms with Crippen molar-refractivity contribution < 1.29 is 14.1 Å². The highest BCUT2D eigenvalue weighted by Gasteiger charge is 2.23. The normalized spacial score (nSPS) is 14.0. The number of carbonyl (C=O) groups is 1. The first-order valence-corrected chi connectivity index (χ1v) is 10.1. The molecule has 0 unspecified atom stereocenters. The minimum Gasteiger partial charge on any atom is -0.378 e. The highest BCUT2D eigenvalue weighted by Crippen LogP contribution is 2.30. The lowest BCUT2D eigenvalue weighted by Gasteiger charge is -2.28. The van der Waals surface area contributed by atoms with Gasteiger partial charge in [-0.25, -0.2) is 9.97 Å². The number of nitrogens with zero attached hydrogens (tertiary/aromatic N) is 4. The van der Waals surface area contributed by atoms with Gasteiger partial charge in [-0.05, 0) is 19.9 Å². The van der Waals surface area contributed by atoms with Crippen molar-refractivity contribution in [1.82, 2.24) is 20.4 Å². The first-order valence-electron chi connectivity index (χ1n) is 9.69. The molecule has 0 aliphatic carbocycles. The lowest BCUT2D eigenvalue weighted by atomic mass is 10.1. The maximum absolute atomic E-state index is 12.9. The summed E-state index contributed by atoms with van der Waals surface area (Å²) in [5, 5.41) is 7.42. The molecule has 0 spiro atoms. The summed E-state index contributed by atoms with van der Waals surface area (Å²) in [6.45, 7) is 6.70. The molecule has 1 saturated heterocycles. The zero-order valence-electron chi connectivity index (χ0n) is 16.8. The molecule has 4 rings (SSSR count). The Bertz CT molecular complexity index is 1060. The second kappa shape index (κ2) is 8.81. The largest absolute Gasteiger partial charge is 0.378 e. The Morgan fingerprint density at radius 2 is 1.97 bits per heavy atom. The van der Waals surface area contributed by atoms with Crippen molar-refractivity contribution in [3.8, 4) is 11.3 Å². The van der Waals surface area contributed by atoms with E-state index in [2.05, 4.69) is 25.3 Å². The topological polar surface area (TPSA) is 93.4 Å². The number of hydrogen-bond acceptors (Lipinski definition) is 7. The monoisotopic (exact) mass is 427 g/mol. The summed E-state index contributed by atoms with van der Waals surface area (Å²) in [6.07, 6.45) is 0. The quantitative estimate of drug-likeness (QED) is 0.668. The van der Waals surface area contributed by atoms with Crippen LogP contribution < -0.4 is 10.2 Å². The molecule has 8 nitrogen and oxygen atoms in total. The van der Waals surface area contributed by atoms with Crippen LogP contribution in [0.1, 0.15) is 27.6 Å². The summed E-state index contributed by atoms with van der Waals surface area (Å²) in [5.74, 6) is 1.48. The molecular formula is C21H22ClN5O3. The molecule has 0 saturated carbocycles. The van der Waals surface area contributed by atoms with Crippen molar-refractivity contribution >= 4 is 23.3 Å². The van der Waals surface area contributed by atoms with Crippen LogP contribution in [-0.2, 0) is 11.3 Å². The Hall–Kier alpha value is -2.97. The van der Waals surface area contributed by atoms with Crippen LogP contribution >= 0.6 is 11.6 Å². The predicted octanol–water partition coefficient (Wildman–Crippen LogP) is 3.17. The van der Waals surface area contributed by atoms with Gasteiger partial charge in [0, 0.05) is 30.4 Å². The first kappa shape index (κ1) is 20.3. The molecule has 30 heavy (non-hydrogen) atoms. The van der Waals surface area contributed by atoms with E-state index in [1.54, 1.807) is 19.1 Å². The van der Waals surface area contributed by atoms with Crippen molar-refractivity contribution in [1.29, 1.82) is 0 Å². The fourth-order valence-electron chi connectivity index (χ4n) is 3.37. The molecule has 0 bridgehead atoms. The number of nitrogens with one attached hydrogen (secondary N) is 1. The zero-order valence-corrected chi connectivity index (χ0v) is 17.6. The van der Waals surface area contributed by atoms with Gasteiger partial charge >= 0.3 is 0 Å². The third-order valence-electron chi connectivity index (χ3n) is 4.85. The van der Waals surface area contributed by atoms with E-state index >= 15 is 0 Å². The second-order valence-electron chi connectivity index (χ2n) is 7.01. The summed E-state index contributed by atoms with van der Waals surface area (Å²) in [5.41, 5.74) is 2.25. The van der Waals surface area contributed by atoms with E-state index in [9.17, 15) is 4.79 Å². The van der Waals surface area contributed by atoms with Crippen LogP contribution in [0.2, 0.25) is 5.02 Å². The van der Waals surface area contributed by atoms with Crippen LogP contribution in [0.25, 0.3) is 11.3 Å². The highest BCUT2D eigenvalue weighted by molar-refractivity contribution is 6.33. The van der Waals surface area contributed by atoms with Gasteiger partial charge in [0.05, 0.1) is 24.8 Å². The molecule has 1 aliphatic heterocycles. The Kier molecular flexibility index (Phi) is 5.96. The number of morpholine rings is 1. The van der Waals surface area contributed by atoms with Crippen LogP contribution in [0.5, 0.6) is 0 Å². The molecular weight excluding hydrogens is 406 g/mol. The Morgan fingerprint density at radius 1 is 1.20 bits per heavy atom. The number of carbonyl (C=O) groups excluding carboxylic acids is 1. The maximum Gasteiger partial charge on any atom is 0.257 e. The van der Waals surface area contributed by atoms with Crippen LogP contribution in [0, 0.1) is 13.8 Å². The van der Waals surface area contributed by atoms with Gasteiger partial charge in [0.15, 0.2) is 0 Å². The van der Waals surface area contributed by atoms with Gasteiger partial charge in [-0.3, -0.25) is 4.79 Å². The van der Waals surface area contributed by atoms with E-state index in [1.165, 1.54) is 0 Å². The van der Waals surface area contributed by atoms with Gasteiger partial charge in [0.2, 0.25) is 0 Å². The van der Waals surface area contributed by atoms with Crippen molar-refractivity contribution in [2.75, 3.05) is 31.2 Å². The van der Waals surface area contributed by atoms with Crippen LogP contribution in [0.15, 0.2) is 34.9 Å². The molecule has 1 aliphatic rings. The van der Waals surface area contributed by atoms with Crippen LogP contribution in [0.3, 0.4) is 0 Å². The van der Waals surface area contributed by atoms with Crippen molar-refractivity contribution in [3.05, 3.63) is 58.2 Å². The zero-order chi connectivity index (χ0) is 21.1. The Labute approximate surface area is 179 Å². The van der Waals surface area contributed by atoms with Gasteiger partial charge in [-0.1, -0.05) is 35.0 Å². The second-order valence-corrected chi connectivity index (χ2v) is 7.42. The molecule has 3 heterocycles. The van der Waals surface area contributed by atoms with Gasteiger partial charge in [0.25, 0.3) is 5.91 Å². The average Bonchev–Trinajstić information content (AvgIpc) is 3.14. The number of aromatic nitrogens is 3. The number of halogens is 1. The number of ether oxygens (including phenoxy) is 1. The van der Waals surface area contributed by atoms with Crippen LogP contribution in [0.4, 0.5) is 5.82 Å². The number of benzene rings is 1. The van der Waals surface area contributed by atoms with Gasteiger partial charge in [-0.2, -0.15) is 0 Å². The standard InChI is InChI=1S/C21H22ClN5O3/c1-13-11-18(27-7-9-29-10-8-27)25-17(24-13)12-23-21(28)19-14(2)30-26-20(19)15-5-3-4-6-16(15)22/h3-6,11H,7-10,12H2,1-2H3,(H,23,28). The van der Waals surface area contributed by atoms with Gasteiger partial charge in [-0.15, -0.1) is 0 Å². The SMILES string of the molecule is Cc1cc(N2CCOCC2)nc(CNC(=O)c2c(-c3ccccc3Cl)noc2C)n1. The summed E-state index contributed by atoms with van der Waals surface area (Å²) in [6, 6.07) is 9.14. The minimum absolute atomic E-state index is 0.185. The van der Waals surface area contributed by atoms with Crippen molar-refractivity contribution in [2.24, 2.45) is 0 Å². The Morgan fingerprint density at radius 3 is 2.73 bits per heavy atom. The molecule has 3 aromatic rings. The van der Waals surface area contributed by atoms with E-state index in [4.69, 9.17) is 20.9 Å². The van der Waals surface area contributed by atoms with Gasteiger partial charge < -0.3 is 19.5 Å². The van der Waals surface area contributed by atoms with E-state index in [1.807, 2.05) is 25.1 Å². The number of rotatable bonds is 5. The third kappa shape index (κ3) is 4.29. The molecule has 9 heteroatoms. The summed E-state index contributed by atoms with van der Waals surface area (Å²) in [7, 11) is 0. The fraction of sp³-hybridized carbons (Fsp3) is 0.333. The van der Waals surface area contributed by atoms with E-state index < -0.39 is 0 Å². The van der Waals surface area contributed by atoms with E-state index in [0.29, 0.717) is 46.6 Å². The highest BCUT2D eigenvalue weighted by atomic mass is 35.5. The molecule has 1 N–H and O–H groups in total. The molecule has 1 aromatic carbocycles. The number of anilines is 1. The molecule has 156 valence electrons. The Balaban J connectivity index is 1.53.